The number of hydrogen-bond acceptors (Lipinski definition) is 8. The predicted molar refractivity (Wildman–Crippen MR) is 139 cm³/mol. The summed E-state index contributed by atoms with van der Waals surface area (Å²) in [7, 11) is -1.72. The molecule has 1 saturated heterocycles. The third kappa shape index (κ3) is 5.29. The van der Waals surface area contributed by atoms with Crippen molar-refractivity contribution >= 4 is 26.6 Å². The topological polar surface area (TPSA) is 111 Å². The van der Waals surface area contributed by atoms with E-state index in [1.54, 1.807) is 35.1 Å². The lowest BCUT2D eigenvalue weighted by Gasteiger charge is -2.41. The zero-order chi connectivity index (χ0) is 26.0. The van der Waals surface area contributed by atoms with E-state index in [-0.39, 0.29) is 11.1 Å². The van der Waals surface area contributed by atoms with Crippen LogP contribution in [0.1, 0.15) is 24.2 Å². The molecule has 4 heterocycles. The summed E-state index contributed by atoms with van der Waals surface area (Å²) in [6, 6.07) is 15.9. The van der Waals surface area contributed by atoms with Crippen LogP contribution in [0.25, 0.3) is 10.9 Å². The van der Waals surface area contributed by atoms with Crippen molar-refractivity contribution in [3.63, 3.8) is 0 Å². The second kappa shape index (κ2) is 10.4. The molecule has 0 spiro atoms. The molecule has 2 aromatic carbocycles. The van der Waals surface area contributed by atoms with E-state index in [0.717, 1.165) is 18.2 Å². The molecule has 194 valence electrons. The first-order valence-electron chi connectivity index (χ1n) is 12.1. The number of para-hydroxylation sites is 2. The van der Waals surface area contributed by atoms with Crippen molar-refractivity contribution in [1.29, 1.82) is 0 Å². The van der Waals surface area contributed by atoms with Gasteiger partial charge in [0.1, 0.15) is 18.8 Å². The number of piperidine rings is 1. The normalized spacial score (nSPS) is 16.8. The fourth-order valence-electron chi connectivity index (χ4n) is 4.64. The number of ether oxygens (including phenoxy) is 1. The molecule has 1 fully saturated rings. The molecule has 4 aromatic rings. The van der Waals surface area contributed by atoms with Gasteiger partial charge in [-0.25, -0.2) is 18.2 Å². The maximum atomic E-state index is 12.8. The predicted octanol–water partition coefficient (Wildman–Crippen LogP) is 3.06. The maximum absolute atomic E-state index is 12.8. The number of aryl methyl sites for hydroxylation is 2. The molecular weight excluding hydrogens is 494 g/mol. The zero-order valence-electron chi connectivity index (χ0n) is 20.8. The van der Waals surface area contributed by atoms with Crippen LogP contribution in [-0.4, -0.2) is 53.1 Å². The molecular formula is C26H29N5O5S. The smallest absolute Gasteiger partial charge is 0.416 e. The molecule has 0 radical (unpaired) electrons. The number of rotatable bonds is 3. The molecule has 2 aromatic heterocycles. The highest BCUT2D eigenvalue weighted by molar-refractivity contribution is 7.89. The fourth-order valence-corrected chi connectivity index (χ4v) is 6.14. The highest BCUT2D eigenvalue weighted by Crippen LogP contribution is 2.31. The summed E-state index contributed by atoms with van der Waals surface area (Å²) in [5.74, 6) is 0.143. The minimum atomic E-state index is -3.53. The van der Waals surface area contributed by atoms with Crippen LogP contribution >= 0.6 is 0 Å². The van der Waals surface area contributed by atoms with E-state index in [1.807, 2.05) is 30.3 Å². The van der Waals surface area contributed by atoms with E-state index in [4.69, 9.17) is 4.74 Å². The third-order valence-electron chi connectivity index (χ3n) is 6.78. The first-order valence-corrected chi connectivity index (χ1v) is 13.5. The van der Waals surface area contributed by atoms with E-state index in [0.29, 0.717) is 37.8 Å². The van der Waals surface area contributed by atoms with Crippen LogP contribution in [0.5, 0.6) is 0 Å². The monoisotopic (exact) mass is 523 g/mol. The number of benzene rings is 2. The van der Waals surface area contributed by atoms with E-state index >= 15 is 0 Å². The molecule has 0 atom stereocenters. The SMILES string of the molecule is Cc1nc(S(=O)(=O)N2CCC(N3COCc4ccccc43)CC2)cn1C.O=c1nc2ccccc2co1. The van der Waals surface area contributed by atoms with Gasteiger partial charge in [-0.3, -0.25) is 0 Å². The van der Waals surface area contributed by atoms with E-state index in [2.05, 4.69) is 31.4 Å². The van der Waals surface area contributed by atoms with Crippen LogP contribution in [0.3, 0.4) is 0 Å². The second-order valence-corrected chi connectivity index (χ2v) is 11.0. The van der Waals surface area contributed by atoms with Gasteiger partial charge in [-0.05, 0) is 38.0 Å². The molecule has 11 heteroatoms. The van der Waals surface area contributed by atoms with Gasteiger partial charge < -0.3 is 18.6 Å². The average molecular weight is 524 g/mol. The molecule has 2 aliphatic heterocycles. The largest absolute Gasteiger partial charge is 0.439 e. The zero-order valence-corrected chi connectivity index (χ0v) is 21.6. The highest BCUT2D eigenvalue weighted by atomic mass is 32.2. The minimum Gasteiger partial charge on any atom is -0.416 e. The van der Waals surface area contributed by atoms with Crippen LogP contribution in [-0.2, 0) is 28.4 Å². The molecule has 2 aliphatic rings. The first kappa shape index (κ1) is 25.1. The van der Waals surface area contributed by atoms with Crippen molar-refractivity contribution in [2.75, 3.05) is 24.7 Å². The number of imidazole rings is 1. The van der Waals surface area contributed by atoms with Gasteiger partial charge in [0.25, 0.3) is 10.0 Å². The Labute approximate surface area is 215 Å². The molecule has 0 aliphatic carbocycles. The van der Waals surface area contributed by atoms with E-state index < -0.39 is 15.8 Å². The van der Waals surface area contributed by atoms with Gasteiger partial charge in [-0.15, -0.1) is 0 Å². The van der Waals surface area contributed by atoms with Gasteiger partial charge in [-0.1, -0.05) is 30.3 Å². The van der Waals surface area contributed by atoms with Crippen molar-refractivity contribution in [2.24, 2.45) is 7.05 Å². The molecule has 10 nitrogen and oxygen atoms in total. The summed E-state index contributed by atoms with van der Waals surface area (Å²) >= 11 is 0. The Kier molecular flexibility index (Phi) is 7.09. The van der Waals surface area contributed by atoms with Crippen molar-refractivity contribution < 1.29 is 17.6 Å². The number of aromatic nitrogens is 3. The first-order chi connectivity index (χ1) is 17.8. The lowest BCUT2D eigenvalue weighted by molar-refractivity contribution is 0.0987. The van der Waals surface area contributed by atoms with Gasteiger partial charge in [0.05, 0.1) is 12.1 Å². The summed E-state index contributed by atoms with van der Waals surface area (Å²) in [5.41, 5.74) is 3.07. The third-order valence-corrected chi connectivity index (χ3v) is 8.55. The van der Waals surface area contributed by atoms with Gasteiger partial charge in [0.15, 0.2) is 5.03 Å². The molecule has 0 bridgehead atoms. The molecule has 37 heavy (non-hydrogen) atoms. The lowest BCUT2D eigenvalue weighted by atomic mass is 10.0. The van der Waals surface area contributed by atoms with Crippen molar-refractivity contribution in [1.82, 2.24) is 18.8 Å². The Bertz CT molecular complexity index is 1540. The summed E-state index contributed by atoms with van der Waals surface area (Å²) in [4.78, 5) is 20.7. The van der Waals surface area contributed by atoms with Crippen LogP contribution in [0, 0.1) is 6.92 Å². The second-order valence-electron chi connectivity index (χ2n) is 9.12. The molecule has 0 amide bonds. The van der Waals surface area contributed by atoms with Crippen LogP contribution < -0.4 is 10.7 Å². The summed E-state index contributed by atoms with van der Waals surface area (Å²) < 4.78 is 39.3. The Hall–Kier alpha value is -3.54. The summed E-state index contributed by atoms with van der Waals surface area (Å²) in [6.07, 6.45) is 4.56. The van der Waals surface area contributed by atoms with Gasteiger partial charge in [0, 0.05) is 49.0 Å². The number of anilines is 1. The number of hydrogen-bond donors (Lipinski definition) is 0. The molecule has 6 rings (SSSR count). The Morgan fingerprint density at radius 2 is 1.73 bits per heavy atom. The van der Waals surface area contributed by atoms with E-state index in [9.17, 15) is 13.2 Å². The Morgan fingerprint density at radius 1 is 1.00 bits per heavy atom. The average Bonchev–Trinajstić information content (AvgIpc) is 3.27. The van der Waals surface area contributed by atoms with Crippen LogP contribution in [0.2, 0.25) is 0 Å². The maximum Gasteiger partial charge on any atom is 0.439 e. The molecule has 0 N–H and O–H groups in total. The van der Waals surface area contributed by atoms with Crippen LogP contribution in [0.4, 0.5) is 5.69 Å². The minimum absolute atomic E-state index is 0.141. The number of nitrogens with zero attached hydrogens (tertiary/aromatic N) is 5. The lowest BCUT2D eigenvalue weighted by Crippen LogP contribution is -2.48. The van der Waals surface area contributed by atoms with E-state index in [1.165, 1.54) is 17.5 Å². The highest BCUT2D eigenvalue weighted by Gasteiger charge is 2.34. The quantitative estimate of drug-likeness (QED) is 0.403. The molecule has 0 unspecified atom stereocenters. The summed E-state index contributed by atoms with van der Waals surface area (Å²) in [5, 5.41) is 0.981. The number of fused-ring (bicyclic) bond motifs is 2. The van der Waals surface area contributed by atoms with Crippen molar-refractivity contribution in [3.05, 3.63) is 82.9 Å². The van der Waals surface area contributed by atoms with Gasteiger partial charge >= 0.3 is 5.76 Å². The Morgan fingerprint density at radius 3 is 2.49 bits per heavy atom. The van der Waals surface area contributed by atoms with Gasteiger partial charge in [-0.2, -0.15) is 9.29 Å². The molecule has 0 saturated carbocycles. The fraction of sp³-hybridized carbons (Fsp3) is 0.346. The standard InChI is InChI=1S/C18H24N4O3S.C8H5NO2/c1-14-19-18(11-20(14)2)26(23,24)21-9-7-16(8-10-21)22-13-25-12-15-5-3-4-6-17(15)22;10-8-9-7-4-2-1-3-6(7)5-11-8/h3-6,11,16H,7-10,12-13H2,1-2H3;1-5H. The number of sulfonamides is 1. The van der Waals surface area contributed by atoms with Crippen LogP contribution in [0.15, 0.2) is 75.2 Å². The van der Waals surface area contributed by atoms with Crippen molar-refractivity contribution in [3.8, 4) is 0 Å². The summed E-state index contributed by atoms with van der Waals surface area (Å²) in [6.45, 7) is 4.01. The Balaban J connectivity index is 0.000000212. The van der Waals surface area contributed by atoms with Crippen molar-refractivity contribution in [2.45, 2.75) is 37.4 Å². The van der Waals surface area contributed by atoms with Gasteiger partial charge in [0.2, 0.25) is 0 Å².